The molecule has 3 aromatic rings. The van der Waals surface area contributed by atoms with E-state index in [4.69, 9.17) is 0 Å². The lowest BCUT2D eigenvalue weighted by Gasteiger charge is -2.29. The summed E-state index contributed by atoms with van der Waals surface area (Å²) in [6.07, 6.45) is -3.41. The van der Waals surface area contributed by atoms with Gasteiger partial charge in [-0.1, -0.05) is 12.1 Å². The van der Waals surface area contributed by atoms with Gasteiger partial charge in [-0.3, -0.25) is 0 Å². The molecule has 3 nitrogen and oxygen atoms in total. The van der Waals surface area contributed by atoms with Crippen LogP contribution in [0.4, 0.5) is 13.2 Å². The van der Waals surface area contributed by atoms with Crippen molar-refractivity contribution in [2.45, 2.75) is 11.8 Å². The van der Waals surface area contributed by atoms with Gasteiger partial charge in [0.2, 0.25) is 0 Å². The summed E-state index contributed by atoms with van der Waals surface area (Å²) in [4.78, 5) is 3.98. The molecule has 0 spiro atoms. The number of rotatable bonds is 2. The summed E-state index contributed by atoms with van der Waals surface area (Å²) in [5, 5.41) is 10.1. The van der Waals surface area contributed by atoms with Crippen LogP contribution in [0.15, 0.2) is 42.6 Å². The van der Waals surface area contributed by atoms with Crippen molar-refractivity contribution in [1.29, 1.82) is 0 Å². The molecule has 2 aromatic heterocycles. The van der Waals surface area contributed by atoms with Gasteiger partial charge in [0, 0.05) is 13.2 Å². The fourth-order valence-corrected chi connectivity index (χ4v) is 3.33. The molecular weight excluding hydrogens is 301 g/mol. The molecule has 3 rings (SSSR count). The summed E-state index contributed by atoms with van der Waals surface area (Å²) in [7, 11) is 1.46. The third-order valence-electron chi connectivity index (χ3n) is 3.33. The third kappa shape index (κ3) is 2.04. The van der Waals surface area contributed by atoms with Crippen molar-refractivity contribution in [3.63, 3.8) is 0 Å². The second kappa shape index (κ2) is 4.57. The highest BCUT2D eigenvalue weighted by molar-refractivity contribution is 7.18. The second-order valence-corrected chi connectivity index (χ2v) is 5.73. The summed E-state index contributed by atoms with van der Waals surface area (Å²) >= 11 is 0.844. The Balaban J connectivity index is 2.28. The van der Waals surface area contributed by atoms with Crippen LogP contribution in [0.5, 0.6) is 0 Å². The Morgan fingerprint density at radius 1 is 1.14 bits per heavy atom. The number of aryl methyl sites for hydroxylation is 1. The van der Waals surface area contributed by atoms with Crippen molar-refractivity contribution >= 4 is 21.6 Å². The van der Waals surface area contributed by atoms with E-state index in [1.54, 1.807) is 24.3 Å². The Morgan fingerprint density at radius 2 is 1.86 bits per heavy atom. The maximum atomic E-state index is 13.6. The van der Waals surface area contributed by atoms with E-state index in [2.05, 4.69) is 4.98 Å². The van der Waals surface area contributed by atoms with Crippen molar-refractivity contribution in [1.82, 2.24) is 9.55 Å². The molecule has 0 aliphatic heterocycles. The number of para-hydroxylation sites is 1. The largest absolute Gasteiger partial charge is 0.429 e. The van der Waals surface area contributed by atoms with Gasteiger partial charge in [-0.2, -0.15) is 13.2 Å². The fourth-order valence-electron chi connectivity index (χ4n) is 2.24. The smallest absolute Gasteiger partial charge is 0.369 e. The quantitative estimate of drug-likeness (QED) is 0.787. The fraction of sp³-hybridized carbons (Fsp3) is 0.214. The van der Waals surface area contributed by atoms with Crippen LogP contribution in [0.2, 0.25) is 0 Å². The van der Waals surface area contributed by atoms with Gasteiger partial charge in [-0.15, -0.1) is 11.3 Å². The first kappa shape index (κ1) is 14.1. The second-order valence-electron chi connectivity index (χ2n) is 4.70. The number of thiazole rings is 1. The highest BCUT2D eigenvalue weighted by Crippen LogP contribution is 2.46. The summed E-state index contributed by atoms with van der Waals surface area (Å²) in [6.45, 7) is 0. The van der Waals surface area contributed by atoms with Gasteiger partial charge in [0.1, 0.15) is 5.01 Å². The molecule has 0 amide bonds. The van der Waals surface area contributed by atoms with Crippen LogP contribution in [0.1, 0.15) is 10.7 Å². The van der Waals surface area contributed by atoms with Crippen molar-refractivity contribution in [3.05, 3.63) is 53.3 Å². The third-order valence-corrected chi connectivity index (χ3v) is 4.47. The van der Waals surface area contributed by atoms with Crippen molar-refractivity contribution < 1.29 is 18.3 Å². The van der Waals surface area contributed by atoms with Gasteiger partial charge < -0.3 is 9.67 Å². The SMILES string of the molecule is Cn1cccc1C(O)(c1nc2ccccc2s1)C(F)(F)F. The Bertz CT molecular complexity index is 760. The number of alkyl halides is 3. The van der Waals surface area contributed by atoms with E-state index in [0.717, 1.165) is 11.3 Å². The Kier molecular flexibility index (Phi) is 3.07. The Hall–Kier alpha value is -1.86. The lowest BCUT2D eigenvalue weighted by molar-refractivity contribution is -0.250. The lowest BCUT2D eigenvalue weighted by Crippen LogP contribution is -2.44. The number of aliphatic hydroxyl groups is 1. The molecule has 0 saturated carbocycles. The van der Waals surface area contributed by atoms with E-state index < -0.39 is 11.8 Å². The number of benzene rings is 1. The molecular formula is C14H11F3N2OS. The zero-order chi connectivity index (χ0) is 15.3. The number of hydrogen-bond acceptors (Lipinski definition) is 3. The number of hydrogen-bond donors (Lipinski definition) is 1. The molecule has 1 atom stereocenters. The molecule has 110 valence electrons. The zero-order valence-electron chi connectivity index (χ0n) is 10.9. The number of nitrogens with zero attached hydrogens (tertiary/aromatic N) is 2. The normalized spacial score (nSPS) is 15.3. The highest BCUT2D eigenvalue weighted by Gasteiger charge is 2.59. The Morgan fingerprint density at radius 3 is 2.43 bits per heavy atom. The van der Waals surface area contributed by atoms with Crippen molar-refractivity contribution in [2.24, 2.45) is 7.05 Å². The number of aromatic nitrogens is 2. The van der Waals surface area contributed by atoms with E-state index >= 15 is 0 Å². The first-order valence-corrected chi connectivity index (χ1v) is 6.92. The molecule has 1 unspecified atom stereocenters. The lowest BCUT2D eigenvalue weighted by atomic mass is 10.00. The van der Waals surface area contributed by atoms with E-state index in [9.17, 15) is 18.3 Å². The topological polar surface area (TPSA) is 38.0 Å². The van der Waals surface area contributed by atoms with Crippen LogP contribution in [0.25, 0.3) is 10.2 Å². The van der Waals surface area contributed by atoms with E-state index in [0.29, 0.717) is 10.2 Å². The molecule has 0 fully saturated rings. The molecule has 7 heteroatoms. The minimum Gasteiger partial charge on any atom is -0.369 e. The van der Waals surface area contributed by atoms with Gasteiger partial charge in [-0.05, 0) is 24.3 Å². The number of fused-ring (bicyclic) bond motifs is 1. The molecule has 21 heavy (non-hydrogen) atoms. The van der Waals surface area contributed by atoms with E-state index in [1.807, 2.05) is 0 Å². The summed E-state index contributed by atoms with van der Waals surface area (Å²) in [6, 6.07) is 9.43. The van der Waals surface area contributed by atoms with Gasteiger partial charge >= 0.3 is 6.18 Å². The molecule has 2 heterocycles. The molecule has 0 bridgehead atoms. The predicted octanol–water partition coefficient (Wildman–Crippen LogP) is 3.43. The molecule has 1 aromatic carbocycles. The van der Waals surface area contributed by atoms with Gasteiger partial charge in [0.05, 0.1) is 15.9 Å². The van der Waals surface area contributed by atoms with Crippen molar-refractivity contribution in [3.8, 4) is 0 Å². The summed E-state index contributed by atoms with van der Waals surface area (Å²) < 4.78 is 42.5. The monoisotopic (exact) mass is 312 g/mol. The predicted molar refractivity (Wildman–Crippen MR) is 74.1 cm³/mol. The molecule has 0 aliphatic carbocycles. The van der Waals surface area contributed by atoms with Crippen LogP contribution >= 0.6 is 11.3 Å². The molecule has 0 radical (unpaired) electrons. The van der Waals surface area contributed by atoms with Gasteiger partial charge in [0.15, 0.2) is 0 Å². The van der Waals surface area contributed by atoms with E-state index in [-0.39, 0.29) is 10.7 Å². The first-order valence-electron chi connectivity index (χ1n) is 6.11. The van der Waals surface area contributed by atoms with Crippen molar-refractivity contribution in [2.75, 3.05) is 0 Å². The maximum absolute atomic E-state index is 13.6. The van der Waals surface area contributed by atoms with E-state index in [1.165, 1.54) is 29.9 Å². The summed E-state index contributed by atoms with van der Waals surface area (Å²) in [5.41, 5.74) is -2.93. The molecule has 0 saturated heterocycles. The molecule has 1 N–H and O–H groups in total. The first-order chi connectivity index (χ1) is 9.84. The maximum Gasteiger partial charge on any atom is 0.429 e. The van der Waals surface area contributed by atoms with Crippen LogP contribution in [0.3, 0.4) is 0 Å². The van der Waals surface area contributed by atoms with Crippen LogP contribution in [-0.4, -0.2) is 20.8 Å². The van der Waals surface area contributed by atoms with Crippen LogP contribution in [-0.2, 0) is 12.6 Å². The van der Waals surface area contributed by atoms with Crippen LogP contribution < -0.4 is 0 Å². The number of halogens is 3. The average molecular weight is 312 g/mol. The Labute approximate surface area is 122 Å². The standard InChI is InChI=1S/C14H11F3N2OS/c1-19-8-4-7-11(19)13(20,14(15,16)17)12-18-9-5-2-3-6-10(9)21-12/h2-8,20H,1H3. The van der Waals surface area contributed by atoms with Gasteiger partial charge in [-0.25, -0.2) is 4.98 Å². The zero-order valence-corrected chi connectivity index (χ0v) is 11.7. The molecule has 0 aliphatic rings. The van der Waals surface area contributed by atoms with Crippen LogP contribution in [0, 0.1) is 0 Å². The highest BCUT2D eigenvalue weighted by atomic mass is 32.1. The summed E-state index contributed by atoms with van der Waals surface area (Å²) in [5.74, 6) is 0. The average Bonchev–Trinajstić information content (AvgIpc) is 3.02. The van der Waals surface area contributed by atoms with Gasteiger partial charge in [0.25, 0.3) is 5.60 Å². The minimum absolute atomic E-state index is 0.256. The minimum atomic E-state index is -4.87.